The van der Waals surface area contributed by atoms with Crippen LogP contribution in [0, 0.1) is 0 Å². The first-order chi connectivity index (χ1) is 7.54. The molecular weight excluding hydrogens is 220 g/mol. The predicted octanol–water partition coefficient (Wildman–Crippen LogP) is 2.79. The lowest BCUT2D eigenvalue weighted by Gasteiger charge is -2.16. The van der Waals surface area contributed by atoms with Crippen molar-refractivity contribution in [2.45, 2.75) is 46.1 Å². The molecule has 0 radical (unpaired) electrons. The van der Waals surface area contributed by atoms with Crippen LogP contribution in [-0.2, 0) is 6.54 Å². The zero-order valence-corrected chi connectivity index (χ0v) is 11.5. The van der Waals surface area contributed by atoms with E-state index in [1.807, 2.05) is 0 Å². The van der Waals surface area contributed by atoms with Crippen molar-refractivity contribution < 1.29 is 0 Å². The minimum absolute atomic E-state index is 0.0718. The van der Waals surface area contributed by atoms with E-state index >= 15 is 0 Å². The van der Waals surface area contributed by atoms with Crippen LogP contribution in [0.1, 0.15) is 50.1 Å². The lowest BCUT2D eigenvalue weighted by atomic mass is 10.1. The molecule has 1 heterocycles. The number of aromatic nitrogens is 1. The van der Waals surface area contributed by atoms with Crippen molar-refractivity contribution in [2.75, 3.05) is 13.6 Å². The fraction of sp³-hybridized carbons (Fsp3) is 0.750. The monoisotopic (exact) mass is 242 g/mol. The summed E-state index contributed by atoms with van der Waals surface area (Å²) >= 11 is 1.35. The van der Waals surface area contributed by atoms with E-state index in [1.54, 1.807) is 0 Å². The van der Waals surface area contributed by atoms with Gasteiger partial charge in [0.15, 0.2) is 0 Å². The minimum atomic E-state index is 0.0718. The fourth-order valence-electron chi connectivity index (χ4n) is 1.71. The Morgan fingerprint density at radius 3 is 2.69 bits per heavy atom. The molecule has 0 bridgehead atoms. The summed E-state index contributed by atoms with van der Waals surface area (Å²) in [6.45, 7) is 8.42. The van der Waals surface area contributed by atoms with E-state index in [-0.39, 0.29) is 4.87 Å². The van der Waals surface area contributed by atoms with Gasteiger partial charge in [0, 0.05) is 17.1 Å². The third-order valence-electron chi connectivity index (χ3n) is 2.64. The van der Waals surface area contributed by atoms with Gasteiger partial charge in [-0.2, -0.15) is 0 Å². The molecule has 1 rings (SSSR count). The van der Waals surface area contributed by atoms with Gasteiger partial charge in [-0.1, -0.05) is 38.5 Å². The van der Waals surface area contributed by atoms with Gasteiger partial charge in [-0.25, -0.2) is 0 Å². The van der Waals surface area contributed by atoms with E-state index in [4.69, 9.17) is 0 Å². The normalized spacial score (nSPS) is 11.6. The molecule has 0 aliphatic carbocycles. The Morgan fingerprint density at radius 2 is 2.12 bits per heavy atom. The average Bonchev–Trinajstić information content (AvgIpc) is 2.56. The number of hydrogen-bond acceptors (Lipinski definition) is 3. The Balaban J connectivity index is 2.68. The highest BCUT2D eigenvalue weighted by Crippen LogP contribution is 2.20. The largest absolute Gasteiger partial charge is 0.316 e. The van der Waals surface area contributed by atoms with Gasteiger partial charge in [-0.05, 0) is 25.9 Å². The van der Waals surface area contributed by atoms with Crippen LogP contribution in [0.3, 0.4) is 0 Å². The molecule has 92 valence electrons. The molecule has 0 amide bonds. The summed E-state index contributed by atoms with van der Waals surface area (Å²) in [5.41, 5.74) is 1.11. The lowest BCUT2D eigenvalue weighted by molar-refractivity contribution is 0.322. The number of thiazole rings is 1. The van der Waals surface area contributed by atoms with Crippen molar-refractivity contribution in [2.24, 2.45) is 0 Å². The fourth-order valence-corrected chi connectivity index (χ4v) is 2.77. The maximum atomic E-state index is 11.4. The summed E-state index contributed by atoms with van der Waals surface area (Å²) in [5, 5.41) is 0. The van der Waals surface area contributed by atoms with Gasteiger partial charge in [0.2, 0.25) is 0 Å². The molecule has 3 nitrogen and oxygen atoms in total. The van der Waals surface area contributed by atoms with Gasteiger partial charge in [0.25, 0.3) is 0 Å². The number of nitrogens with one attached hydrogen (secondary N) is 1. The lowest BCUT2D eigenvalue weighted by Crippen LogP contribution is -2.19. The molecule has 0 aromatic carbocycles. The van der Waals surface area contributed by atoms with Gasteiger partial charge in [0.05, 0.1) is 0 Å². The Morgan fingerprint density at radius 1 is 1.44 bits per heavy atom. The molecule has 1 aromatic heterocycles. The van der Waals surface area contributed by atoms with E-state index in [0.29, 0.717) is 5.92 Å². The van der Waals surface area contributed by atoms with Crippen LogP contribution in [0.25, 0.3) is 0 Å². The maximum Gasteiger partial charge on any atom is 0.304 e. The topological polar surface area (TPSA) is 36.1 Å². The van der Waals surface area contributed by atoms with Crippen molar-refractivity contribution in [3.63, 3.8) is 0 Å². The SMILES string of the molecule is CCCCN(C)Cc1sc(=O)[nH]c1C(C)C. The number of aromatic amines is 1. The highest BCUT2D eigenvalue weighted by Gasteiger charge is 2.12. The zero-order chi connectivity index (χ0) is 12.1. The predicted molar refractivity (Wildman–Crippen MR) is 70.3 cm³/mol. The molecule has 0 spiro atoms. The third kappa shape index (κ3) is 3.76. The van der Waals surface area contributed by atoms with Gasteiger partial charge >= 0.3 is 4.87 Å². The van der Waals surface area contributed by atoms with E-state index in [0.717, 1.165) is 18.8 Å². The van der Waals surface area contributed by atoms with E-state index < -0.39 is 0 Å². The Hall–Kier alpha value is -0.610. The van der Waals surface area contributed by atoms with Gasteiger partial charge in [-0.15, -0.1) is 0 Å². The summed E-state index contributed by atoms with van der Waals surface area (Å²) in [6.07, 6.45) is 2.43. The van der Waals surface area contributed by atoms with Crippen molar-refractivity contribution >= 4 is 11.3 Å². The van der Waals surface area contributed by atoms with Crippen LogP contribution in [0.4, 0.5) is 0 Å². The van der Waals surface area contributed by atoms with Crippen LogP contribution >= 0.6 is 11.3 Å². The molecule has 16 heavy (non-hydrogen) atoms. The first-order valence-corrected chi connectivity index (χ1v) is 6.76. The molecule has 4 heteroatoms. The molecule has 0 saturated carbocycles. The van der Waals surface area contributed by atoms with Crippen LogP contribution in [0.15, 0.2) is 4.79 Å². The molecule has 0 aliphatic heterocycles. The van der Waals surface area contributed by atoms with Crippen LogP contribution in [0.2, 0.25) is 0 Å². The molecular formula is C12H22N2OS. The zero-order valence-electron chi connectivity index (χ0n) is 10.7. The summed E-state index contributed by atoms with van der Waals surface area (Å²) in [6, 6.07) is 0. The van der Waals surface area contributed by atoms with E-state index in [2.05, 4.69) is 37.7 Å². The van der Waals surface area contributed by atoms with Gasteiger partial charge in [0.1, 0.15) is 0 Å². The molecule has 0 atom stereocenters. The van der Waals surface area contributed by atoms with Crippen LogP contribution < -0.4 is 4.87 Å². The van der Waals surface area contributed by atoms with Gasteiger partial charge in [-0.3, -0.25) is 4.79 Å². The summed E-state index contributed by atoms with van der Waals surface area (Å²) in [7, 11) is 2.12. The molecule has 1 N–H and O–H groups in total. The number of unbranched alkanes of at least 4 members (excludes halogenated alkanes) is 1. The second-order valence-corrected chi connectivity index (χ2v) is 5.67. The first kappa shape index (κ1) is 13.5. The second-order valence-electron chi connectivity index (χ2n) is 4.60. The summed E-state index contributed by atoms with van der Waals surface area (Å²) in [4.78, 5) is 17.8. The maximum absolute atomic E-state index is 11.4. The Kier molecular flexibility index (Phi) is 5.22. The Bertz CT molecular complexity index is 367. The first-order valence-electron chi connectivity index (χ1n) is 5.95. The van der Waals surface area contributed by atoms with Crippen LogP contribution in [-0.4, -0.2) is 23.5 Å². The van der Waals surface area contributed by atoms with Crippen LogP contribution in [0.5, 0.6) is 0 Å². The van der Waals surface area contributed by atoms with Crippen molar-refractivity contribution in [3.05, 3.63) is 20.2 Å². The summed E-state index contributed by atoms with van der Waals surface area (Å²) in [5.74, 6) is 0.397. The van der Waals surface area contributed by atoms with Crippen molar-refractivity contribution in [1.82, 2.24) is 9.88 Å². The highest BCUT2D eigenvalue weighted by molar-refractivity contribution is 7.09. The standard InChI is InChI=1S/C12H22N2OS/c1-5-6-7-14(4)8-10-11(9(2)3)13-12(15)16-10/h9H,5-8H2,1-4H3,(H,13,15). The third-order valence-corrected chi connectivity index (χ3v) is 3.52. The number of hydrogen-bond donors (Lipinski definition) is 1. The molecule has 0 unspecified atom stereocenters. The molecule has 0 saturated heterocycles. The number of nitrogens with zero attached hydrogens (tertiary/aromatic N) is 1. The minimum Gasteiger partial charge on any atom is -0.316 e. The van der Waals surface area contributed by atoms with E-state index in [9.17, 15) is 4.79 Å². The van der Waals surface area contributed by atoms with Crippen molar-refractivity contribution in [3.8, 4) is 0 Å². The van der Waals surface area contributed by atoms with E-state index in [1.165, 1.54) is 29.1 Å². The average molecular weight is 242 g/mol. The Labute approximate surface area is 101 Å². The smallest absolute Gasteiger partial charge is 0.304 e. The number of rotatable bonds is 6. The molecule has 0 fully saturated rings. The summed E-state index contributed by atoms with van der Waals surface area (Å²) < 4.78 is 0. The quantitative estimate of drug-likeness (QED) is 0.832. The van der Waals surface area contributed by atoms with Crippen molar-refractivity contribution in [1.29, 1.82) is 0 Å². The molecule has 1 aromatic rings. The highest BCUT2D eigenvalue weighted by atomic mass is 32.1. The molecule has 0 aliphatic rings. The van der Waals surface area contributed by atoms with Gasteiger partial charge < -0.3 is 9.88 Å². The number of H-pyrrole nitrogens is 1. The second kappa shape index (κ2) is 6.21.